The van der Waals surface area contributed by atoms with Crippen molar-refractivity contribution in [3.8, 4) is 0 Å². The van der Waals surface area contributed by atoms with Gasteiger partial charge < -0.3 is 10.6 Å². The molecule has 2 aromatic rings. The lowest BCUT2D eigenvalue weighted by molar-refractivity contribution is 1.14. The standard InChI is InChI=1S/C9H9BrN4S/c1-11-9-12-4-7(10)8(14-9)13-6-2-3-15-5-6/h2-5H,1H3,(H2,11,12,13,14). The smallest absolute Gasteiger partial charge is 0.224 e. The van der Waals surface area contributed by atoms with Crippen LogP contribution < -0.4 is 10.6 Å². The van der Waals surface area contributed by atoms with E-state index in [1.807, 2.05) is 16.8 Å². The number of nitrogens with zero attached hydrogens (tertiary/aromatic N) is 2. The zero-order valence-corrected chi connectivity index (χ0v) is 10.4. The van der Waals surface area contributed by atoms with E-state index in [2.05, 4.69) is 36.5 Å². The Morgan fingerprint density at radius 2 is 2.33 bits per heavy atom. The Morgan fingerprint density at radius 3 is 3.00 bits per heavy atom. The van der Waals surface area contributed by atoms with Gasteiger partial charge in [0.05, 0.1) is 10.2 Å². The van der Waals surface area contributed by atoms with Crippen LogP contribution >= 0.6 is 27.3 Å². The third kappa shape index (κ3) is 2.45. The molecule has 0 aliphatic rings. The fourth-order valence-electron chi connectivity index (χ4n) is 1.05. The molecule has 0 radical (unpaired) electrons. The molecule has 0 saturated heterocycles. The van der Waals surface area contributed by atoms with E-state index in [1.165, 1.54) is 0 Å². The van der Waals surface area contributed by atoms with Crippen molar-refractivity contribution in [3.05, 3.63) is 27.5 Å². The monoisotopic (exact) mass is 284 g/mol. The second kappa shape index (κ2) is 4.59. The van der Waals surface area contributed by atoms with Gasteiger partial charge in [0.25, 0.3) is 0 Å². The summed E-state index contributed by atoms with van der Waals surface area (Å²) < 4.78 is 0.840. The molecule has 2 N–H and O–H groups in total. The van der Waals surface area contributed by atoms with Crippen molar-refractivity contribution in [2.45, 2.75) is 0 Å². The van der Waals surface area contributed by atoms with Crippen LogP contribution in [0.4, 0.5) is 17.5 Å². The van der Waals surface area contributed by atoms with Crippen molar-refractivity contribution in [2.24, 2.45) is 0 Å². The molecule has 0 aromatic carbocycles. The molecular weight excluding hydrogens is 276 g/mol. The molecule has 2 rings (SSSR count). The molecule has 2 heterocycles. The molecule has 0 saturated carbocycles. The Morgan fingerprint density at radius 1 is 1.47 bits per heavy atom. The third-order valence-corrected chi connectivity index (χ3v) is 3.02. The van der Waals surface area contributed by atoms with Gasteiger partial charge >= 0.3 is 0 Å². The molecule has 6 heteroatoms. The summed E-state index contributed by atoms with van der Waals surface area (Å²) in [5, 5.41) is 10.1. The lowest BCUT2D eigenvalue weighted by atomic mass is 10.5. The van der Waals surface area contributed by atoms with Gasteiger partial charge in [-0.2, -0.15) is 16.3 Å². The SMILES string of the molecule is CNc1ncc(Br)c(Nc2ccsc2)n1. The zero-order chi connectivity index (χ0) is 10.7. The minimum absolute atomic E-state index is 0.593. The molecule has 0 amide bonds. The Labute approximate surface area is 99.9 Å². The highest BCUT2D eigenvalue weighted by atomic mass is 79.9. The molecule has 78 valence electrons. The van der Waals surface area contributed by atoms with Crippen LogP contribution in [0.1, 0.15) is 0 Å². The molecule has 4 nitrogen and oxygen atoms in total. The van der Waals surface area contributed by atoms with Gasteiger partial charge in [0.1, 0.15) is 5.82 Å². The number of thiophene rings is 1. The van der Waals surface area contributed by atoms with E-state index >= 15 is 0 Å². The van der Waals surface area contributed by atoms with Gasteiger partial charge in [0.15, 0.2) is 0 Å². The first kappa shape index (κ1) is 10.4. The summed E-state index contributed by atoms with van der Waals surface area (Å²) in [6.45, 7) is 0. The quantitative estimate of drug-likeness (QED) is 0.910. The number of anilines is 3. The van der Waals surface area contributed by atoms with Crippen LogP contribution in [0.25, 0.3) is 0 Å². The minimum atomic E-state index is 0.593. The number of halogens is 1. The maximum absolute atomic E-state index is 4.29. The average molecular weight is 285 g/mol. The Hall–Kier alpha value is -1.14. The highest BCUT2D eigenvalue weighted by molar-refractivity contribution is 9.10. The number of nitrogens with one attached hydrogen (secondary N) is 2. The van der Waals surface area contributed by atoms with Crippen molar-refractivity contribution in [1.82, 2.24) is 9.97 Å². The maximum Gasteiger partial charge on any atom is 0.224 e. The van der Waals surface area contributed by atoms with E-state index in [9.17, 15) is 0 Å². The molecule has 0 unspecified atom stereocenters. The molecule has 15 heavy (non-hydrogen) atoms. The van der Waals surface area contributed by atoms with Crippen LogP contribution in [-0.4, -0.2) is 17.0 Å². The highest BCUT2D eigenvalue weighted by Gasteiger charge is 2.04. The Balaban J connectivity index is 2.27. The first-order valence-electron chi connectivity index (χ1n) is 4.29. The van der Waals surface area contributed by atoms with E-state index in [1.54, 1.807) is 24.6 Å². The predicted molar refractivity (Wildman–Crippen MR) is 66.9 cm³/mol. The minimum Gasteiger partial charge on any atom is -0.357 e. The van der Waals surface area contributed by atoms with Gasteiger partial charge in [0.2, 0.25) is 5.95 Å². The van der Waals surface area contributed by atoms with E-state index < -0.39 is 0 Å². The van der Waals surface area contributed by atoms with Crippen molar-refractivity contribution in [3.63, 3.8) is 0 Å². The van der Waals surface area contributed by atoms with Crippen molar-refractivity contribution in [2.75, 3.05) is 17.7 Å². The highest BCUT2D eigenvalue weighted by Crippen LogP contribution is 2.24. The number of hydrogen-bond acceptors (Lipinski definition) is 5. The summed E-state index contributed by atoms with van der Waals surface area (Å²) >= 11 is 5.03. The van der Waals surface area contributed by atoms with Crippen LogP contribution in [-0.2, 0) is 0 Å². The summed E-state index contributed by atoms with van der Waals surface area (Å²) in [5.41, 5.74) is 1.03. The van der Waals surface area contributed by atoms with Crippen LogP contribution in [0.3, 0.4) is 0 Å². The second-order valence-electron chi connectivity index (χ2n) is 2.78. The summed E-state index contributed by atoms with van der Waals surface area (Å²) in [5.74, 6) is 1.35. The Bertz CT molecular complexity index is 443. The van der Waals surface area contributed by atoms with Gasteiger partial charge in [-0.05, 0) is 27.4 Å². The van der Waals surface area contributed by atoms with Gasteiger partial charge in [-0.3, -0.25) is 0 Å². The number of rotatable bonds is 3. The molecular formula is C9H9BrN4S. The van der Waals surface area contributed by atoms with Crippen LogP contribution in [0.15, 0.2) is 27.5 Å². The summed E-state index contributed by atoms with van der Waals surface area (Å²) in [6.07, 6.45) is 1.72. The van der Waals surface area contributed by atoms with Gasteiger partial charge in [-0.25, -0.2) is 4.98 Å². The van der Waals surface area contributed by atoms with E-state index in [-0.39, 0.29) is 0 Å². The second-order valence-corrected chi connectivity index (χ2v) is 4.41. The molecule has 2 aromatic heterocycles. The topological polar surface area (TPSA) is 49.8 Å². The van der Waals surface area contributed by atoms with Gasteiger partial charge in [-0.1, -0.05) is 0 Å². The van der Waals surface area contributed by atoms with Crippen LogP contribution in [0, 0.1) is 0 Å². The maximum atomic E-state index is 4.29. The van der Waals surface area contributed by atoms with Crippen molar-refractivity contribution < 1.29 is 0 Å². The Kier molecular flexibility index (Phi) is 3.17. The van der Waals surface area contributed by atoms with Gasteiger partial charge in [-0.15, -0.1) is 0 Å². The van der Waals surface area contributed by atoms with E-state index in [0.717, 1.165) is 16.0 Å². The first-order chi connectivity index (χ1) is 7.29. The molecule has 0 aliphatic carbocycles. The van der Waals surface area contributed by atoms with Crippen LogP contribution in [0.2, 0.25) is 0 Å². The van der Waals surface area contributed by atoms with Crippen LogP contribution in [0.5, 0.6) is 0 Å². The lowest BCUT2D eigenvalue weighted by Crippen LogP contribution is -2.00. The fourth-order valence-corrected chi connectivity index (χ4v) is 1.93. The number of aromatic nitrogens is 2. The molecule has 0 atom stereocenters. The largest absolute Gasteiger partial charge is 0.357 e. The lowest BCUT2D eigenvalue weighted by Gasteiger charge is -2.06. The van der Waals surface area contributed by atoms with Crippen molar-refractivity contribution in [1.29, 1.82) is 0 Å². The predicted octanol–water partition coefficient (Wildman–Crippen LogP) is 3.09. The molecule has 0 aliphatic heterocycles. The normalized spacial score (nSPS) is 10.0. The summed E-state index contributed by atoms with van der Waals surface area (Å²) in [4.78, 5) is 8.37. The summed E-state index contributed by atoms with van der Waals surface area (Å²) in [7, 11) is 1.79. The summed E-state index contributed by atoms with van der Waals surface area (Å²) in [6, 6.07) is 2.00. The van der Waals surface area contributed by atoms with Gasteiger partial charge in [0, 0.05) is 18.6 Å². The third-order valence-electron chi connectivity index (χ3n) is 1.75. The zero-order valence-electron chi connectivity index (χ0n) is 7.99. The van der Waals surface area contributed by atoms with Crippen molar-refractivity contribution >= 4 is 44.7 Å². The molecule has 0 spiro atoms. The van der Waals surface area contributed by atoms with E-state index in [4.69, 9.17) is 0 Å². The fraction of sp³-hybridized carbons (Fsp3) is 0.111. The molecule has 0 fully saturated rings. The number of hydrogen-bond donors (Lipinski definition) is 2. The van der Waals surface area contributed by atoms with E-state index in [0.29, 0.717) is 5.95 Å². The average Bonchev–Trinajstić information content (AvgIpc) is 2.74. The molecule has 0 bridgehead atoms. The first-order valence-corrected chi connectivity index (χ1v) is 6.02.